The maximum atomic E-state index is 13.0. The molecule has 0 fully saturated rings. The number of hydrogen-bond acceptors (Lipinski definition) is 7. The van der Waals surface area contributed by atoms with Crippen LogP contribution in [0.25, 0.3) is 0 Å². The molecule has 0 unspecified atom stereocenters. The summed E-state index contributed by atoms with van der Waals surface area (Å²) in [5, 5.41) is 7.13. The molecule has 0 bridgehead atoms. The normalized spacial score (nSPS) is 12.6. The Kier molecular flexibility index (Phi) is 5.99. The number of amides is 3. The molecule has 10 heteroatoms. The molecule has 36 heavy (non-hydrogen) atoms. The summed E-state index contributed by atoms with van der Waals surface area (Å²) < 4.78 is 17.7. The number of hydrogen-bond donors (Lipinski definition) is 1. The van der Waals surface area contributed by atoms with Crippen molar-refractivity contribution in [3.63, 3.8) is 0 Å². The summed E-state index contributed by atoms with van der Waals surface area (Å²) in [7, 11) is 3.12. The summed E-state index contributed by atoms with van der Waals surface area (Å²) in [6.45, 7) is 0.343. The van der Waals surface area contributed by atoms with Crippen LogP contribution in [0.5, 0.6) is 11.5 Å². The summed E-state index contributed by atoms with van der Waals surface area (Å²) in [5.74, 6) is 0.761. The molecule has 1 aliphatic rings. The van der Waals surface area contributed by atoms with Crippen LogP contribution in [-0.2, 0) is 13.1 Å². The van der Waals surface area contributed by atoms with Crippen molar-refractivity contribution >= 4 is 23.5 Å². The number of benzene rings is 2. The Morgan fingerprint density at radius 3 is 2.56 bits per heavy atom. The summed E-state index contributed by atoms with van der Waals surface area (Å²) in [4.78, 5) is 39.8. The number of carbonyl (C=O) groups is 3. The van der Waals surface area contributed by atoms with Crippen molar-refractivity contribution in [1.82, 2.24) is 14.7 Å². The number of anilines is 1. The van der Waals surface area contributed by atoms with Crippen molar-refractivity contribution < 1.29 is 28.3 Å². The van der Waals surface area contributed by atoms with Gasteiger partial charge in [0.25, 0.3) is 17.7 Å². The van der Waals surface area contributed by atoms with Gasteiger partial charge in [-0.3, -0.25) is 19.3 Å². The van der Waals surface area contributed by atoms with E-state index in [1.54, 1.807) is 49.4 Å². The lowest BCUT2D eigenvalue weighted by Crippen LogP contribution is -2.28. The Morgan fingerprint density at radius 1 is 0.972 bits per heavy atom. The van der Waals surface area contributed by atoms with E-state index in [4.69, 9.17) is 13.9 Å². The van der Waals surface area contributed by atoms with Crippen LogP contribution in [-0.4, -0.2) is 46.6 Å². The van der Waals surface area contributed by atoms with Gasteiger partial charge in [-0.2, -0.15) is 5.10 Å². The fourth-order valence-electron chi connectivity index (χ4n) is 4.13. The molecule has 0 radical (unpaired) electrons. The fraction of sp³-hybridized carbons (Fsp3) is 0.154. The van der Waals surface area contributed by atoms with Crippen molar-refractivity contribution in [2.45, 2.75) is 13.1 Å². The van der Waals surface area contributed by atoms with Gasteiger partial charge in [-0.15, -0.1) is 0 Å². The SMILES string of the molecule is COc1cccc(Cn2nccc2NC(=O)c2ccc3c(c2)C(=O)N(Cc2ccco2)C3=O)c1OC. The highest BCUT2D eigenvalue weighted by molar-refractivity contribution is 6.22. The lowest BCUT2D eigenvalue weighted by atomic mass is 10.1. The van der Waals surface area contributed by atoms with Crippen molar-refractivity contribution in [1.29, 1.82) is 0 Å². The van der Waals surface area contributed by atoms with Crippen molar-refractivity contribution in [2.24, 2.45) is 0 Å². The van der Waals surface area contributed by atoms with E-state index in [0.29, 0.717) is 29.6 Å². The molecule has 3 amide bonds. The lowest BCUT2D eigenvalue weighted by molar-refractivity contribution is 0.0631. The number of para-hydroxylation sites is 1. The number of furan rings is 1. The molecule has 0 atom stereocenters. The highest BCUT2D eigenvalue weighted by atomic mass is 16.5. The Morgan fingerprint density at radius 2 is 1.81 bits per heavy atom. The number of imide groups is 1. The summed E-state index contributed by atoms with van der Waals surface area (Å²) in [6, 6.07) is 15.0. The van der Waals surface area contributed by atoms with E-state index in [1.165, 1.54) is 24.5 Å². The second kappa shape index (κ2) is 9.41. The molecule has 5 rings (SSSR count). The van der Waals surface area contributed by atoms with E-state index in [-0.39, 0.29) is 23.2 Å². The van der Waals surface area contributed by atoms with Crippen molar-refractivity contribution in [3.8, 4) is 11.5 Å². The van der Waals surface area contributed by atoms with Crippen LogP contribution in [0.15, 0.2) is 71.5 Å². The maximum absolute atomic E-state index is 13.0. The smallest absolute Gasteiger partial charge is 0.261 e. The van der Waals surface area contributed by atoms with E-state index >= 15 is 0 Å². The van der Waals surface area contributed by atoms with Crippen LogP contribution in [0.3, 0.4) is 0 Å². The summed E-state index contributed by atoms with van der Waals surface area (Å²) >= 11 is 0. The third-order valence-corrected chi connectivity index (χ3v) is 5.89. The third-order valence-electron chi connectivity index (χ3n) is 5.89. The van der Waals surface area contributed by atoms with Gasteiger partial charge in [0.1, 0.15) is 11.6 Å². The predicted molar refractivity (Wildman–Crippen MR) is 128 cm³/mol. The number of ether oxygens (including phenoxy) is 2. The second-order valence-corrected chi connectivity index (χ2v) is 8.02. The van der Waals surface area contributed by atoms with E-state index in [1.807, 2.05) is 12.1 Å². The van der Waals surface area contributed by atoms with E-state index in [0.717, 1.165) is 10.5 Å². The zero-order valence-electron chi connectivity index (χ0n) is 19.6. The summed E-state index contributed by atoms with van der Waals surface area (Å²) in [5.41, 5.74) is 1.47. The van der Waals surface area contributed by atoms with E-state index in [9.17, 15) is 14.4 Å². The molecule has 1 aliphatic heterocycles. The molecule has 0 saturated carbocycles. The first kappa shape index (κ1) is 22.9. The van der Waals surface area contributed by atoms with Crippen LogP contribution < -0.4 is 14.8 Å². The first-order valence-electron chi connectivity index (χ1n) is 11.1. The largest absolute Gasteiger partial charge is 0.493 e. The molecule has 10 nitrogen and oxygen atoms in total. The topological polar surface area (TPSA) is 116 Å². The fourth-order valence-corrected chi connectivity index (χ4v) is 4.13. The maximum Gasteiger partial charge on any atom is 0.261 e. The van der Waals surface area contributed by atoms with Crippen LogP contribution in [0.4, 0.5) is 5.82 Å². The van der Waals surface area contributed by atoms with E-state index < -0.39 is 17.7 Å². The van der Waals surface area contributed by atoms with Crippen LogP contribution >= 0.6 is 0 Å². The minimum Gasteiger partial charge on any atom is -0.493 e. The Labute approximate surface area is 206 Å². The number of carbonyl (C=O) groups excluding carboxylic acids is 3. The average Bonchev–Trinajstić information content (AvgIpc) is 3.62. The molecule has 0 saturated heterocycles. The number of nitrogens with zero attached hydrogens (tertiary/aromatic N) is 3. The molecule has 182 valence electrons. The molecular weight excluding hydrogens is 464 g/mol. The van der Waals surface area contributed by atoms with Crippen LogP contribution in [0.2, 0.25) is 0 Å². The monoisotopic (exact) mass is 486 g/mol. The molecular formula is C26H22N4O6. The number of rotatable bonds is 8. The van der Waals surface area contributed by atoms with E-state index in [2.05, 4.69) is 10.4 Å². The molecule has 3 heterocycles. The lowest BCUT2D eigenvalue weighted by Gasteiger charge is -2.14. The van der Waals surface area contributed by atoms with Gasteiger partial charge in [-0.05, 0) is 36.4 Å². The molecule has 0 aliphatic carbocycles. The number of aromatic nitrogens is 2. The van der Waals surface area contributed by atoms with Gasteiger partial charge >= 0.3 is 0 Å². The Hall–Kier alpha value is -4.86. The highest BCUT2D eigenvalue weighted by Crippen LogP contribution is 2.32. The van der Waals surface area contributed by atoms with Gasteiger partial charge in [0.2, 0.25) is 0 Å². The van der Waals surface area contributed by atoms with Gasteiger partial charge < -0.3 is 19.2 Å². The third kappa shape index (κ3) is 4.09. The predicted octanol–water partition coefficient (Wildman–Crippen LogP) is 3.59. The molecule has 4 aromatic rings. The standard InChI is InChI=1S/C26H22N4O6/c1-34-21-7-3-5-17(23(21)35-2)14-30-22(10-11-27-30)28-24(31)16-8-9-19-20(13-16)26(33)29(25(19)32)15-18-6-4-12-36-18/h3-13H,14-15H2,1-2H3,(H,28,31). The molecule has 1 N–H and O–H groups in total. The number of fused-ring (bicyclic) bond motifs is 1. The highest BCUT2D eigenvalue weighted by Gasteiger charge is 2.36. The summed E-state index contributed by atoms with van der Waals surface area (Å²) in [6.07, 6.45) is 3.05. The quantitative estimate of drug-likeness (QED) is 0.378. The zero-order valence-corrected chi connectivity index (χ0v) is 19.6. The Bertz CT molecular complexity index is 1460. The second-order valence-electron chi connectivity index (χ2n) is 8.02. The van der Waals surface area contributed by atoms with Gasteiger partial charge in [0, 0.05) is 17.2 Å². The molecule has 2 aromatic heterocycles. The first-order valence-corrected chi connectivity index (χ1v) is 11.1. The Balaban J connectivity index is 1.34. The van der Waals surface area contributed by atoms with Crippen molar-refractivity contribution in [2.75, 3.05) is 19.5 Å². The minimum absolute atomic E-state index is 0.0216. The average molecular weight is 486 g/mol. The molecule has 2 aromatic carbocycles. The van der Waals surface area contributed by atoms with Crippen LogP contribution in [0.1, 0.15) is 42.4 Å². The minimum atomic E-state index is -0.476. The van der Waals surface area contributed by atoms with Crippen molar-refractivity contribution in [3.05, 3.63) is 95.1 Å². The zero-order chi connectivity index (χ0) is 25.2. The van der Waals surface area contributed by atoms with Gasteiger partial charge in [0.15, 0.2) is 11.5 Å². The van der Waals surface area contributed by atoms with Gasteiger partial charge in [-0.25, -0.2) is 4.68 Å². The van der Waals surface area contributed by atoms with Gasteiger partial charge in [0.05, 0.1) is 50.9 Å². The van der Waals surface area contributed by atoms with Crippen LogP contribution in [0, 0.1) is 0 Å². The first-order chi connectivity index (χ1) is 17.5. The molecule has 0 spiro atoms. The van der Waals surface area contributed by atoms with Gasteiger partial charge in [-0.1, -0.05) is 12.1 Å². The number of nitrogens with one attached hydrogen (secondary N) is 1. The number of methoxy groups -OCH3 is 2.